The Kier molecular flexibility index (Phi) is 3.66. The molecule has 7 heteroatoms. The van der Waals surface area contributed by atoms with Crippen LogP contribution in [0, 0.1) is 0 Å². The first kappa shape index (κ1) is 13.7. The average molecular weight is 290 g/mol. The van der Waals surface area contributed by atoms with Crippen molar-refractivity contribution in [2.45, 2.75) is 13.1 Å². The first-order valence-electron chi connectivity index (χ1n) is 6.71. The number of rotatable bonds is 4. The maximum atomic E-state index is 5.47. The van der Waals surface area contributed by atoms with E-state index in [9.17, 15) is 0 Å². The van der Waals surface area contributed by atoms with E-state index in [-0.39, 0.29) is 0 Å². The summed E-state index contributed by atoms with van der Waals surface area (Å²) in [5, 5.41) is 11.8. The van der Waals surface area contributed by atoms with Crippen molar-refractivity contribution in [1.82, 2.24) is 20.1 Å². The SMILES string of the molecule is COc1cc(OC)c(-c2nnc3n2CCNC3)cc1OC. The molecule has 0 saturated carbocycles. The second-order valence-electron chi connectivity index (χ2n) is 4.68. The highest BCUT2D eigenvalue weighted by atomic mass is 16.5. The summed E-state index contributed by atoms with van der Waals surface area (Å²) in [5.41, 5.74) is 0.843. The van der Waals surface area contributed by atoms with Gasteiger partial charge >= 0.3 is 0 Å². The number of hydrogen-bond acceptors (Lipinski definition) is 6. The molecular formula is C14H18N4O3. The highest BCUT2D eigenvalue weighted by molar-refractivity contribution is 5.70. The van der Waals surface area contributed by atoms with Crippen LogP contribution in [0.5, 0.6) is 17.2 Å². The lowest BCUT2D eigenvalue weighted by molar-refractivity contribution is 0.349. The lowest BCUT2D eigenvalue weighted by atomic mass is 10.1. The van der Waals surface area contributed by atoms with E-state index in [0.29, 0.717) is 17.2 Å². The fraction of sp³-hybridized carbons (Fsp3) is 0.429. The molecule has 0 amide bonds. The second kappa shape index (κ2) is 5.61. The predicted molar refractivity (Wildman–Crippen MR) is 76.8 cm³/mol. The van der Waals surface area contributed by atoms with Gasteiger partial charge in [0.25, 0.3) is 0 Å². The van der Waals surface area contributed by atoms with Crippen LogP contribution in [0.1, 0.15) is 5.82 Å². The Morgan fingerprint density at radius 2 is 1.71 bits per heavy atom. The minimum atomic E-state index is 0.623. The maximum Gasteiger partial charge on any atom is 0.167 e. The molecule has 0 radical (unpaired) electrons. The third-order valence-corrected chi connectivity index (χ3v) is 3.57. The first-order valence-corrected chi connectivity index (χ1v) is 6.71. The van der Waals surface area contributed by atoms with Gasteiger partial charge in [0.15, 0.2) is 17.3 Å². The molecule has 112 valence electrons. The van der Waals surface area contributed by atoms with Gasteiger partial charge < -0.3 is 24.1 Å². The number of nitrogens with zero attached hydrogens (tertiary/aromatic N) is 3. The molecule has 0 saturated heterocycles. The zero-order chi connectivity index (χ0) is 14.8. The van der Waals surface area contributed by atoms with E-state index in [1.54, 1.807) is 27.4 Å². The summed E-state index contributed by atoms with van der Waals surface area (Å²) < 4.78 is 18.2. The van der Waals surface area contributed by atoms with Crippen LogP contribution in [-0.2, 0) is 13.1 Å². The van der Waals surface area contributed by atoms with Crippen molar-refractivity contribution >= 4 is 0 Å². The largest absolute Gasteiger partial charge is 0.496 e. The second-order valence-corrected chi connectivity index (χ2v) is 4.68. The Morgan fingerprint density at radius 3 is 2.43 bits per heavy atom. The van der Waals surface area contributed by atoms with Gasteiger partial charge in [-0.15, -0.1) is 10.2 Å². The monoisotopic (exact) mass is 290 g/mol. The molecule has 0 bridgehead atoms. The van der Waals surface area contributed by atoms with Crippen LogP contribution >= 0.6 is 0 Å². The van der Waals surface area contributed by atoms with Gasteiger partial charge in [-0.1, -0.05) is 0 Å². The summed E-state index contributed by atoms with van der Waals surface area (Å²) in [5.74, 6) is 3.65. The van der Waals surface area contributed by atoms with Crippen molar-refractivity contribution in [2.24, 2.45) is 0 Å². The van der Waals surface area contributed by atoms with E-state index < -0.39 is 0 Å². The number of fused-ring (bicyclic) bond motifs is 1. The van der Waals surface area contributed by atoms with Gasteiger partial charge in [0.2, 0.25) is 0 Å². The summed E-state index contributed by atoms with van der Waals surface area (Å²) in [6.45, 7) is 2.45. The smallest absolute Gasteiger partial charge is 0.167 e. The van der Waals surface area contributed by atoms with Gasteiger partial charge in [-0.05, 0) is 6.07 Å². The van der Waals surface area contributed by atoms with Gasteiger partial charge in [0.1, 0.15) is 11.6 Å². The Labute approximate surface area is 122 Å². The molecule has 0 spiro atoms. The number of nitrogens with one attached hydrogen (secondary N) is 1. The van der Waals surface area contributed by atoms with Crippen LogP contribution in [0.3, 0.4) is 0 Å². The molecule has 2 heterocycles. The minimum Gasteiger partial charge on any atom is -0.496 e. The molecule has 1 aliphatic heterocycles. The third kappa shape index (κ3) is 2.29. The summed E-state index contributed by atoms with van der Waals surface area (Å²) >= 11 is 0. The van der Waals surface area contributed by atoms with Crippen LogP contribution < -0.4 is 19.5 Å². The molecule has 0 atom stereocenters. The summed E-state index contributed by atoms with van der Waals surface area (Å²) in [7, 11) is 4.83. The summed E-state index contributed by atoms with van der Waals surface area (Å²) in [4.78, 5) is 0. The Morgan fingerprint density at radius 1 is 1.00 bits per heavy atom. The zero-order valence-corrected chi connectivity index (χ0v) is 12.3. The molecule has 21 heavy (non-hydrogen) atoms. The van der Waals surface area contributed by atoms with Crippen LogP contribution in [-0.4, -0.2) is 42.6 Å². The Balaban J connectivity index is 2.15. The van der Waals surface area contributed by atoms with Gasteiger partial charge in [-0.25, -0.2) is 0 Å². The Bertz CT molecular complexity index is 654. The highest BCUT2D eigenvalue weighted by Crippen LogP contribution is 2.39. The van der Waals surface area contributed by atoms with Crippen molar-refractivity contribution in [1.29, 1.82) is 0 Å². The molecule has 7 nitrogen and oxygen atoms in total. The normalized spacial score (nSPS) is 13.7. The average Bonchev–Trinajstić information content (AvgIpc) is 2.97. The van der Waals surface area contributed by atoms with E-state index in [1.165, 1.54) is 0 Å². The van der Waals surface area contributed by atoms with Crippen LogP contribution in [0.4, 0.5) is 0 Å². The summed E-state index contributed by atoms with van der Waals surface area (Å²) in [6.07, 6.45) is 0. The van der Waals surface area contributed by atoms with E-state index in [4.69, 9.17) is 14.2 Å². The first-order chi connectivity index (χ1) is 10.3. The number of hydrogen-bond donors (Lipinski definition) is 1. The van der Waals surface area contributed by atoms with Crippen LogP contribution in [0.15, 0.2) is 12.1 Å². The molecule has 2 aromatic rings. The third-order valence-electron chi connectivity index (χ3n) is 3.57. The van der Waals surface area contributed by atoms with Crippen molar-refractivity contribution in [2.75, 3.05) is 27.9 Å². The number of benzene rings is 1. The van der Waals surface area contributed by atoms with Crippen molar-refractivity contribution in [3.8, 4) is 28.6 Å². The van der Waals surface area contributed by atoms with Crippen LogP contribution in [0.2, 0.25) is 0 Å². The molecule has 0 unspecified atom stereocenters. The van der Waals surface area contributed by atoms with Crippen molar-refractivity contribution in [3.63, 3.8) is 0 Å². The molecule has 3 rings (SSSR count). The van der Waals surface area contributed by atoms with Gasteiger partial charge in [-0.2, -0.15) is 0 Å². The van der Waals surface area contributed by atoms with E-state index in [1.807, 2.05) is 6.07 Å². The minimum absolute atomic E-state index is 0.623. The predicted octanol–water partition coefficient (Wildman–Crippen LogP) is 1.07. The zero-order valence-electron chi connectivity index (χ0n) is 12.3. The molecule has 1 aromatic carbocycles. The highest BCUT2D eigenvalue weighted by Gasteiger charge is 2.21. The molecular weight excluding hydrogens is 272 g/mol. The van der Waals surface area contributed by atoms with Gasteiger partial charge in [-0.3, -0.25) is 0 Å². The van der Waals surface area contributed by atoms with E-state index in [2.05, 4.69) is 20.1 Å². The topological polar surface area (TPSA) is 70.4 Å². The lowest BCUT2D eigenvalue weighted by Gasteiger charge is -2.18. The number of aromatic nitrogens is 3. The van der Waals surface area contributed by atoms with Crippen molar-refractivity contribution in [3.05, 3.63) is 18.0 Å². The molecule has 1 aromatic heterocycles. The van der Waals surface area contributed by atoms with E-state index >= 15 is 0 Å². The van der Waals surface area contributed by atoms with Gasteiger partial charge in [0.05, 0.1) is 33.4 Å². The number of methoxy groups -OCH3 is 3. The Hall–Kier alpha value is -2.28. The van der Waals surface area contributed by atoms with Crippen LogP contribution in [0.25, 0.3) is 11.4 Å². The van der Waals surface area contributed by atoms with Crippen molar-refractivity contribution < 1.29 is 14.2 Å². The fourth-order valence-electron chi connectivity index (χ4n) is 2.50. The van der Waals surface area contributed by atoms with Gasteiger partial charge in [0, 0.05) is 19.2 Å². The quantitative estimate of drug-likeness (QED) is 0.908. The summed E-state index contributed by atoms with van der Waals surface area (Å²) in [6, 6.07) is 3.67. The lowest BCUT2D eigenvalue weighted by Crippen LogP contribution is -2.28. The van der Waals surface area contributed by atoms with E-state index in [0.717, 1.165) is 36.8 Å². The standard InChI is InChI=1S/C14H18N4O3/c1-19-10-7-12(21-3)11(20-2)6-9(10)14-17-16-13-8-15-4-5-18(13)14/h6-7,15H,4-5,8H2,1-3H3. The number of ether oxygens (including phenoxy) is 3. The molecule has 1 aliphatic rings. The molecule has 0 fully saturated rings. The fourth-order valence-corrected chi connectivity index (χ4v) is 2.50. The molecule has 0 aliphatic carbocycles. The molecule has 1 N–H and O–H groups in total. The maximum absolute atomic E-state index is 5.47.